The van der Waals surface area contributed by atoms with E-state index in [4.69, 9.17) is 161 Å². The van der Waals surface area contributed by atoms with E-state index >= 15 is 0 Å². The van der Waals surface area contributed by atoms with Crippen LogP contribution in [-0.4, -0.2) is 253 Å². The number of carboxylic acids is 1. The van der Waals surface area contributed by atoms with Crippen LogP contribution >= 0.6 is 69.6 Å². The molecule has 18 rings (SSSR count). The van der Waals surface area contributed by atoms with Gasteiger partial charge in [-0.3, -0.25) is 58.3 Å². The summed E-state index contributed by atoms with van der Waals surface area (Å²) < 4.78 is 96.8. The standard InChI is InChI=1S/C36H42ClNO11.C25H28ClNO8.C18H20ClNO3.C14H18Cl3NO8.C12H16O4/c1-18-27(45-19(2)39)29(46-20(3)40)31(48-28(18)30(41)44-7)47-25-12-24-26(23-11-9-8-10-22(23)25)21(13-37)14-38(24)32(42)35-15-36(16-35,17-35)33(43)49-34(4,5)6;1-12-21(32-13(2)28)23(33-14(3)29)25(35-22(12)24(30)31-4)34-19-9-18-20(15(10-26)11-27-18)17-8-6-5-7-16(17)19;1-18(2,3)23-17(22)20-10-11(9-19)16-13-7-5-4-6-12(13)15(21)8-14(16)20;1-5-8(23-6(2)19)10(24-7(3)20)12(25-9(5)11(21)22-4)26-13(18)14(15,16)17;1-9(2,3)16-8(15)11-4-10(7(13)14)5-12(10,11)6-11/h8-12,18,21,27-29,31H,13-17H2,1-7H3;5-9,12,15,21-23,25,27H,10-11H2,1-4H3;4-8,11,21H,9-10H2,1-3H3;5,8-10,12,18H,1-4H3;4-6H2,1-3H3,(H,13,14)/t18-,21+,27-,28-,29+,31+,35?,36?;12-,15+,21-,22-,23+,25+;11-;5-,8-,9-,10+,12-;/m0010./s1. The van der Waals surface area contributed by atoms with Crippen LogP contribution in [0.25, 0.3) is 32.3 Å². The van der Waals surface area contributed by atoms with Crippen molar-refractivity contribution >= 4 is 209 Å². The summed E-state index contributed by atoms with van der Waals surface area (Å²) in [6.45, 7) is 30.0. The molecule has 12 aliphatic rings. The quantitative estimate of drug-likeness (QED) is 0.0171. The summed E-state index contributed by atoms with van der Waals surface area (Å²) in [5, 5.41) is 35.4. The molecular weight excluding hydrogens is 2070 g/mol. The lowest BCUT2D eigenvalue weighted by molar-refractivity contribution is -0.270. The molecule has 3 saturated heterocycles. The van der Waals surface area contributed by atoms with E-state index in [1.807, 2.05) is 141 Å². The Morgan fingerprint density at radius 3 is 1.17 bits per heavy atom. The fraction of sp³-hybridized carbons (Fsp3) is 0.571. The normalized spacial score (nSPS) is 29.6. The van der Waals surface area contributed by atoms with E-state index in [1.54, 1.807) is 35.8 Å². The lowest BCUT2D eigenvalue weighted by Crippen LogP contribution is -2.71. The molecule has 3 unspecified atom stereocenters. The summed E-state index contributed by atoms with van der Waals surface area (Å²) in [5.74, 6) is -8.43. The number of aromatic hydroxyl groups is 1. The van der Waals surface area contributed by atoms with Crippen LogP contribution in [0.4, 0.5) is 21.9 Å². The van der Waals surface area contributed by atoms with Crippen molar-refractivity contribution in [1.82, 2.24) is 0 Å². The molecule has 6 aromatic carbocycles. The van der Waals surface area contributed by atoms with Gasteiger partial charge in [-0.2, -0.15) is 0 Å². The summed E-state index contributed by atoms with van der Waals surface area (Å²) in [4.78, 5) is 175. The van der Waals surface area contributed by atoms with Gasteiger partial charge in [-0.05, 0) is 134 Å². The second-order valence-electron chi connectivity index (χ2n) is 42.3. The van der Waals surface area contributed by atoms with Gasteiger partial charge >= 0.3 is 77.7 Å². The zero-order valence-electron chi connectivity index (χ0n) is 86.2. The molecule has 21 atom stereocenters. The van der Waals surface area contributed by atoms with Crippen molar-refractivity contribution in [2.45, 2.75) is 275 Å². The number of alkyl halides is 6. The molecular formula is C105H124Cl6N4O34. The molecule has 810 valence electrons. The Morgan fingerprint density at radius 2 is 0.785 bits per heavy atom. The maximum absolute atomic E-state index is 14.3. The zero-order valence-corrected chi connectivity index (χ0v) is 90.7. The van der Waals surface area contributed by atoms with Crippen LogP contribution in [0.15, 0.2) is 91.0 Å². The number of hydrogen-bond donors (Lipinski definition) is 4. The Labute approximate surface area is 889 Å². The number of benzene rings is 6. The van der Waals surface area contributed by atoms with E-state index < -0.39 is 205 Å². The van der Waals surface area contributed by atoms with Crippen molar-refractivity contribution in [3.8, 4) is 17.2 Å². The predicted molar refractivity (Wildman–Crippen MR) is 541 cm³/mol. The van der Waals surface area contributed by atoms with E-state index in [1.165, 1.54) is 48.8 Å². The minimum atomic E-state index is -2.23. The number of amides is 2. The highest BCUT2D eigenvalue weighted by molar-refractivity contribution is 6.76. The van der Waals surface area contributed by atoms with E-state index in [0.717, 1.165) is 76.7 Å². The zero-order chi connectivity index (χ0) is 110. The average Bonchev–Trinajstić information content (AvgIpc) is 1.39. The van der Waals surface area contributed by atoms with Crippen LogP contribution in [0.5, 0.6) is 17.2 Å². The van der Waals surface area contributed by atoms with Gasteiger partial charge in [0.2, 0.25) is 49.0 Å². The number of esters is 11. The number of ether oxygens (including phenoxy) is 18. The predicted octanol–water partition coefficient (Wildman–Crippen LogP) is 16.1. The number of phenols is 1. The van der Waals surface area contributed by atoms with Gasteiger partial charge in [-0.25, -0.2) is 19.2 Å². The Balaban J connectivity index is 0.000000163. The molecule has 44 heteroatoms. The lowest BCUT2D eigenvalue weighted by atomic mass is 9.34. The highest BCUT2D eigenvalue weighted by Crippen LogP contribution is 3.01. The molecule has 0 radical (unpaired) electrons. The van der Waals surface area contributed by atoms with Crippen LogP contribution in [0.2, 0.25) is 0 Å². The first-order chi connectivity index (χ1) is 69.7. The largest absolute Gasteiger partial charge is 0.507 e. The number of nitrogens with zero attached hydrogens (tertiary/aromatic N) is 2. The Bertz CT molecular complexity index is 6230. The number of nitrogens with one attached hydrogen (secondary N) is 2. The third-order valence-corrected chi connectivity index (χ3v) is 29.9. The molecule has 38 nitrogen and oxygen atoms in total. The first kappa shape index (κ1) is 115. The highest BCUT2D eigenvalue weighted by atomic mass is 35.6. The number of carboxylic acid groups (broad SMARTS) is 1. The molecule has 6 aliphatic carbocycles. The molecule has 6 aromatic rings. The van der Waals surface area contributed by atoms with E-state index in [9.17, 15) is 72.2 Å². The van der Waals surface area contributed by atoms with Gasteiger partial charge in [-0.1, -0.05) is 128 Å². The smallest absolute Gasteiger partial charge is 0.414 e. The van der Waals surface area contributed by atoms with Crippen molar-refractivity contribution in [2.24, 2.45) is 44.8 Å². The maximum atomic E-state index is 14.3. The van der Waals surface area contributed by atoms with Gasteiger partial charge < -0.3 is 106 Å². The summed E-state index contributed by atoms with van der Waals surface area (Å²) in [6.07, 6.45) is -12.0. The van der Waals surface area contributed by atoms with Gasteiger partial charge in [0.1, 0.15) is 34.1 Å². The Hall–Kier alpha value is -11.2. The maximum Gasteiger partial charge on any atom is 0.414 e. The molecule has 6 heterocycles. The summed E-state index contributed by atoms with van der Waals surface area (Å²) in [6, 6.07) is 28.0. The molecule has 6 saturated carbocycles. The second kappa shape index (κ2) is 44.2. The SMILES string of the molecule is CC(C)(C)OC(=O)C12CC3(C(=O)O)CC31C2.CC(C)(C)OC(=O)N1C[C@@H](CCl)c2c1cc(O)c1ccccc21.COC(=O)[C@H]1O[C@@H](OC(=N)C(Cl)(Cl)Cl)[C@H](OC(C)=O)[C@@H](OC(C)=O)[C@@H]1C.COC(=O)[C@H]1O[C@@H](Oc2cc3c(c4ccccc24)[C@H](CCl)CN3)[C@H](OC(C)=O)[C@@H](OC(C)=O)[C@@H]1C.COC(=O)[C@H]1O[C@@H](Oc2cc3c(c4ccccc24)[C@H](CCl)CN3C(=O)C23CC(C(=O)OC(C)(C)C)(C2)C3)[C@H](OC(C)=O)[C@@H](OC(C)=O)[C@@H]1C. The number of rotatable bonds is 21. The Morgan fingerprint density at radius 1 is 0.430 bits per heavy atom. The minimum Gasteiger partial charge on any atom is -0.507 e. The van der Waals surface area contributed by atoms with E-state index in [0.29, 0.717) is 86.0 Å². The summed E-state index contributed by atoms with van der Waals surface area (Å²) >= 11 is 35.6. The first-order valence-corrected chi connectivity index (χ1v) is 51.1. The fourth-order valence-electron chi connectivity index (χ4n) is 21.9. The topological polar surface area (TPSA) is 488 Å². The van der Waals surface area contributed by atoms with E-state index in [-0.39, 0.29) is 58.4 Å². The summed E-state index contributed by atoms with van der Waals surface area (Å²) in [5.41, 5.74) is 0.960. The number of carbonyl (C=O) groups excluding carboxylic acids is 13. The third-order valence-electron chi connectivity index (χ3n) is 28.3. The van der Waals surface area contributed by atoms with Crippen molar-refractivity contribution in [3.05, 3.63) is 108 Å². The molecule has 0 aromatic heterocycles. The molecule has 2 amide bonds. The molecule has 2 bridgehead atoms. The molecule has 4 N–H and O–H groups in total. The van der Waals surface area contributed by atoms with Gasteiger partial charge in [-0.15, -0.1) is 34.8 Å². The van der Waals surface area contributed by atoms with Crippen molar-refractivity contribution in [1.29, 1.82) is 5.41 Å². The average molecular weight is 2200 g/mol. The lowest BCUT2D eigenvalue weighted by Gasteiger charge is -2.67. The molecule has 9 fully saturated rings. The number of hydrogen-bond acceptors (Lipinski definition) is 35. The molecule has 149 heavy (non-hydrogen) atoms. The molecule has 1 spiro atoms. The van der Waals surface area contributed by atoms with E-state index in [2.05, 4.69) is 10.1 Å². The van der Waals surface area contributed by atoms with Crippen molar-refractivity contribution < 1.29 is 163 Å². The van der Waals surface area contributed by atoms with Gasteiger partial charge in [0.05, 0.1) is 54.4 Å². The minimum absolute atomic E-state index is 0.0182. The number of halogens is 6. The number of methoxy groups -OCH3 is 3. The van der Waals surface area contributed by atoms with Crippen LogP contribution in [-0.2, 0) is 138 Å². The van der Waals surface area contributed by atoms with Crippen LogP contribution in [0.3, 0.4) is 0 Å². The highest BCUT2D eigenvalue weighted by Gasteiger charge is 3.02. The van der Waals surface area contributed by atoms with Crippen LogP contribution in [0, 0.1) is 50.2 Å². The fourth-order valence-corrected chi connectivity index (χ4v) is 22.8. The first-order valence-electron chi connectivity index (χ1n) is 48.4. The number of phenolic OH excluding ortho intramolecular Hbond substituents is 1. The molecule has 6 aliphatic heterocycles. The van der Waals surface area contributed by atoms with Crippen LogP contribution < -0.4 is 24.6 Å². The number of carbonyl (C=O) groups is 14. The number of fused-ring (bicyclic) bond motifs is 9. The monoisotopic (exact) mass is 2190 g/mol. The van der Waals surface area contributed by atoms with Crippen LogP contribution in [0.1, 0.15) is 198 Å². The Kier molecular flexibility index (Phi) is 34.1. The van der Waals surface area contributed by atoms with Crippen molar-refractivity contribution in [2.75, 3.05) is 73.7 Å². The van der Waals surface area contributed by atoms with Gasteiger partial charge in [0.15, 0.2) is 36.6 Å². The number of aliphatic carboxylic acids is 1. The third kappa shape index (κ3) is 23.4. The van der Waals surface area contributed by atoms with Gasteiger partial charge in [0, 0.05) is 160 Å². The second-order valence-corrected chi connectivity index (χ2v) is 45.5. The number of anilines is 3. The van der Waals surface area contributed by atoms with Crippen molar-refractivity contribution in [3.63, 3.8) is 0 Å². The summed E-state index contributed by atoms with van der Waals surface area (Å²) in [7, 11) is 3.58. The van der Waals surface area contributed by atoms with Gasteiger partial charge in [0.25, 0.3) is 3.79 Å².